The number of nitrogens with one attached hydrogen (secondary N) is 2. The minimum Gasteiger partial charge on any atom is -0.388 e. The van der Waals surface area contributed by atoms with E-state index >= 15 is 0 Å². The molecule has 0 heterocycles. The fraction of sp³-hybridized carbons (Fsp3) is 0.0714. The van der Waals surface area contributed by atoms with Gasteiger partial charge in [0.25, 0.3) is 5.91 Å². The molecule has 2 N–H and O–H groups in total. The molecule has 0 aliphatic heterocycles. The normalized spacial score (nSPS) is 10.1. The van der Waals surface area contributed by atoms with Gasteiger partial charge in [-0.25, -0.2) is 0 Å². The van der Waals surface area contributed by atoms with E-state index in [-0.39, 0.29) is 5.91 Å². The van der Waals surface area contributed by atoms with Crippen LogP contribution < -0.4 is 10.6 Å². The van der Waals surface area contributed by atoms with Crippen LogP contribution >= 0.6 is 23.2 Å². The molecule has 19 heavy (non-hydrogen) atoms. The van der Waals surface area contributed by atoms with Gasteiger partial charge in [0.1, 0.15) is 0 Å². The molecule has 98 valence electrons. The Morgan fingerprint density at radius 2 is 1.74 bits per heavy atom. The summed E-state index contributed by atoms with van der Waals surface area (Å²) in [5.41, 5.74) is 1.96. The maximum atomic E-state index is 12.0. The molecule has 0 aliphatic rings. The van der Waals surface area contributed by atoms with E-state index in [4.69, 9.17) is 23.2 Å². The number of anilines is 2. The molecule has 2 aromatic rings. The molecule has 5 heteroatoms. The number of carbonyl (C=O) groups is 1. The van der Waals surface area contributed by atoms with E-state index < -0.39 is 0 Å². The summed E-state index contributed by atoms with van der Waals surface area (Å²) >= 11 is 11.8. The lowest BCUT2D eigenvalue weighted by atomic mass is 10.2. The Hall–Kier alpha value is -1.71. The second-order valence-electron chi connectivity index (χ2n) is 3.91. The Bertz CT molecular complexity index is 597. The molecule has 0 aliphatic carbocycles. The number of halogens is 2. The van der Waals surface area contributed by atoms with Gasteiger partial charge in [-0.2, -0.15) is 0 Å². The molecule has 2 aromatic carbocycles. The summed E-state index contributed by atoms with van der Waals surface area (Å²) < 4.78 is 0. The summed E-state index contributed by atoms with van der Waals surface area (Å²) in [6.45, 7) is 0. The van der Waals surface area contributed by atoms with E-state index in [0.717, 1.165) is 5.69 Å². The third-order valence-electron chi connectivity index (χ3n) is 2.61. The zero-order chi connectivity index (χ0) is 13.8. The van der Waals surface area contributed by atoms with Crippen molar-refractivity contribution < 1.29 is 4.79 Å². The minimum atomic E-state index is -0.230. The van der Waals surface area contributed by atoms with Gasteiger partial charge in [-0.15, -0.1) is 0 Å². The highest BCUT2D eigenvalue weighted by molar-refractivity contribution is 6.34. The van der Waals surface area contributed by atoms with E-state index in [9.17, 15) is 4.79 Å². The summed E-state index contributed by atoms with van der Waals surface area (Å²) in [5, 5.41) is 6.83. The topological polar surface area (TPSA) is 41.1 Å². The predicted molar refractivity (Wildman–Crippen MR) is 80.4 cm³/mol. The van der Waals surface area contributed by atoms with Crippen molar-refractivity contribution in [3.05, 3.63) is 58.1 Å². The number of rotatable bonds is 3. The van der Waals surface area contributed by atoms with E-state index in [2.05, 4.69) is 10.6 Å². The lowest BCUT2D eigenvalue weighted by Gasteiger charge is -2.09. The average molecular weight is 295 g/mol. The number of hydrogen-bond acceptors (Lipinski definition) is 2. The van der Waals surface area contributed by atoms with Crippen molar-refractivity contribution in [3.8, 4) is 0 Å². The zero-order valence-corrected chi connectivity index (χ0v) is 11.7. The smallest absolute Gasteiger partial charge is 0.255 e. The fourth-order valence-electron chi connectivity index (χ4n) is 1.57. The van der Waals surface area contributed by atoms with Crippen LogP contribution in [-0.4, -0.2) is 13.0 Å². The van der Waals surface area contributed by atoms with Gasteiger partial charge in [0.05, 0.1) is 10.7 Å². The number of carbonyl (C=O) groups excluding carboxylic acids is 1. The Morgan fingerprint density at radius 1 is 1.05 bits per heavy atom. The van der Waals surface area contributed by atoms with Crippen LogP contribution in [0.3, 0.4) is 0 Å². The molecule has 2 rings (SSSR count). The minimum absolute atomic E-state index is 0.230. The van der Waals surface area contributed by atoms with Crippen LogP contribution in [-0.2, 0) is 0 Å². The molecule has 1 amide bonds. The van der Waals surface area contributed by atoms with Gasteiger partial charge in [0.15, 0.2) is 0 Å². The quantitative estimate of drug-likeness (QED) is 0.887. The Balaban J connectivity index is 2.21. The molecule has 0 bridgehead atoms. The second kappa shape index (κ2) is 5.95. The Kier molecular flexibility index (Phi) is 4.30. The van der Waals surface area contributed by atoms with Gasteiger partial charge in [0, 0.05) is 23.3 Å². The molecule has 0 radical (unpaired) electrons. The lowest BCUT2D eigenvalue weighted by Crippen LogP contribution is -2.12. The highest BCUT2D eigenvalue weighted by Crippen LogP contribution is 2.26. The van der Waals surface area contributed by atoms with Crippen molar-refractivity contribution in [1.82, 2.24) is 0 Å². The van der Waals surface area contributed by atoms with Gasteiger partial charge in [-0.05, 0) is 42.5 Å². The highest BCUT2D eigenvalue weighted by Gasteiger charge is 2.08. The third kappa shape index (κ3) is 3.40. The third-order valence-corrected chi connectivity index (χ3v) is 3.19. The lowest BCUT2D eigenvalue weighted by molar-refractivity contribution is 0.102. The largest absolute Gasteiger partial charge is 0.388 e. The Labute approximate surface area is 121 Å². The molecule has 0 unspecified atom stereocenters. The predicted octanol–water partition coefficient (Wildman–Crippen LogP) is 4.29. The molecule has 0 aromatic heterocycles. The molecular formula is C14H12Cl2N2O. The van der Waals surface area contributed by atoms with Crippen molar-refractivity contribution in [2.24, 2.45) is 0 Å². The molecule has 3 nitrogen and oxygen atoms in total. The van der Waals surface area contributed by atoms with E-state index in [1.807, 2.05) is 6.07 Å². The summed E-state index contributed by atoms with van der Waals surface area (Å²) in [4.78, 5) is 12.0. The first-order valence-electron chi connectivity index (χ1n) is 5.64. The van der Waals surface area contributed by atoms with Crippen molar-refractivity contribution >= 4 is 40.5 Å². The molecule has 0 saturated carbocycles. The van der Waals surface area contributed by atoms with Gasteiger partial charge < -0.3 is 10.6 Å². The van der Waals surface area contributed by atoms with Crippen LogP contribution in [0.25, 0.3) is 0 Å². The van der Waals surface area contributed by atoms with Gasteiger partial charge in [-0.1, -0.05) is 23.2 Å². The standard InChI is InChI=1S/C14H12Cl2N2O/c1-17-11-6-7-12(16)13(8-11)18-14(19)9-2-4-10(15)5-3-9/h2-8,17H,1H3,(H,18,19). The zero-order valence-electron chi connectivity index (χ0n) is 10.2. The van der Waals surface area contributed by atoms with Crippen molar-refractivity contribution in [2.75, 3.05) is 17.7 Å². The van der Waals surface area contributed by atoms with Gasteiger partial charge in [-0.3, -0.25) is 4.79 Å². The van der Waals surface area contributed by atoms with Gasteiger partial charge >= 0.3 is 0 Å². The molecular weight excluding hydrogens is 283 g/mol. The summed E-state index contributed by atoms with van der Waals surface area (Å²) in [5.74, 6) is -0.230. The van der Waals surface area contributed by atoms with Crippen LogP contribution in [0.2, 0.25) is 10.0 Å². The average Bonchev–Trinajstić information content (AvgIpc) is 2.42. The van der Waals surface area contributed by atoms with Crippen LogP contribution in [0.15, 0.2) is 42.5 Å². The maximum Gasteiger partial charge on any atom is 0.255 e. The summed E-state index contributed by atoms with van der Waals surface area (Å²) in [7, 11) is 1.80. The van der Waals surface area contributed by atoms with Gasteiger partial charge in [0.2, 0.25) is 0 Å². The number of hydrogen-bond donors (Lipinski definition) is 2. The van der Waals surface area contributed by atoms with Crippen LogP contribution in [0.1, 0.15) is 10.4 Å². The first-order chi connectivity index (χ1) is 9.10. The van der Waals surface area contributed by atoms with Crippen LogP contribution in [0.5, 0.6) is 0 Å². The van der Waals surface area contributed by atoms with Crippen LogP contribution in [0.4, 0.5) is 11.4 Å². The number of amides is 1. The monoisotopic (exact) mass is 294 g/mol. The second-order valence-corrected chi connectivity index (χ2v) is 4.75. The van der Waals surface area contributed by atoms with E-state index in [1.54, 1.807) is 43.4 Å². The number of benzene rings is 2. The Morgan fingerprint density at radius 3 is 2.37 bits per heavy atom. The highest BCUT2D eigenvalue weighted by atomic mass is 35.5. The van der Waals surface area contributed by atoms with Crippen molar-refractivity contribution in [2.45, 2.75) is 0 Å². The van der Waals surface area contributed by atoms with Crippen molar-refractivity contribution in [3.63, 3.8) is 0 Å². The molecule has 0 saturated heterocycles. The van der Waals surface area contributed by atoms with E-state index in [1.165, 1.54) is 0 Å². The summed E-state index contributed by atoms with van der Waals surface area (Å²) in [6.07, 6.45) is 0. The molecule has 0 spiro atoms. The van der Waals surface area contributed by atoms with Crippen molar-refractivity contribution in [1.29, 1.82) is 0 Å². The first kappa shape index (κ1) is 13.7. The van der Waals surface area contributed by atoms with Crippen LogP contribution in [0, 0.1) is 0 Å². The molecule has 0 fully saturated rings. The molecule has 0 atom stereocenters. The summed E-state index contributed by atoms with van der Waals surface area (Å²) in [6, 6.07) is 12.0. The SMILES string of the molecule is CNc1ccc(Cl)c(NC(=O)c2ccc(Cl)cc2)c1. The van der Waals surface area contributed by atoms with E-state index in [0.29, 0.717) is 21.3 Å². The first-order valence-corrected chi connectivity index (χ1v) is 6.40. The maximum absolute atomic E-state index is 12.0. The fourth-order valence-corrected chi connectivity index (χ4v) is 1.86.